The van der Waals surface area contributed by atoms with Crippen LogP contribution in [0.4, 0.5) is 0 Å². The standard InChI is InChI=1S/C12H8BrN3O3/c1-18-12(17)7-3-2-4-10-14-11(15-16(7)10)8-5-6-9(13)19-8/h2-6H,1H3. The molecule has 0 bridgehead atoms. The third kappa shape index (κ3) is 2.01. The lowest BCUT2D eigenvalue weighted by Crippen LogP contribution is -2.08. The van der Waals surface area contributed by atoms with Crippen molar-refractivity contribution in [1.29, 1.82) is 0 Å². The van der Waals surface area contributed by atoms with Gasteiger partial charge in [0.25, 0.3) is 0 Å². The van der Waals surface area contributed by atoms with Gasteiger partial charge in [0, 0.05) is 0 Å². The van der Waals surface area contributed by atoms with Gasteiger partial charge in [-0.15, -0.1) is 5.10 Å². The van der Waals surface area contributed by atoms with E-state index >= 15 is 0 Å². The molecule has 0 radical (unpaired) electrons. The van der Waals surface area contributed by atoms with Gasteiger partial charge in [0.2, 0.25) is 5.82 Å². The Labute approximate surface area is 116 Å². The Hall–Kier alpha value is -2.15. The molecule has 7 heteroatoms. The fraction of sp³-hybridized carbons (Fsp3) is 0.0833. The Morgan fingerprint density at radius 1 is 1.37 bits per heavy atom. The van der Waals surface area contributed by atoms with E-state index in [1.807, 2.05) is 0 Å². The maximum Gasteiger partial charge on any atom is 0.356 e. The molecule has 0 aliphatic rings. The first kappa shape index (κ1) is 11.9. The van der Waals surface area contributed by atoms with E-state index in [2.05, 4.69) is 26.0 Å². The smallest absolute Gasteiger partial charge is 0.356 e. The van der Waals surface area contributed by atoms with Crippen LogP contribution in [0.15, 0.2) is 39.4 Å². The fourth-order valence-corrected chi connectivity index (χ4v) is 2.01. The Morgan fingerprint density at radius 2 is 2.21 bits per heavy atom. The van der Waals surface area contributed by atoms with E-state index in [4.69, 9.17) is 9.15 Å². The second-order valence-electron chi connectivity index (χ2n) is 3.71. The minimum atomic E-state index is -0.470. The number of fused-ring (bicyclic) bond motifs is 1. The van der Waals surface area contributed by atoms with Crippen molar-refractivity contribution in [2.24, 2.45) is 0 Å². The van der Waals surface area contributed by atoms with Crippen LogP contribution in [0.25, 0.3) is 17.2 Å². The van der Waals surface area contributed by atoms with Crippen LogP contribution in [0.1, 0.15) is 10.5 Å². The lowest BCUT2D eigenvalue weighted by molar-refractivity contribution is 0.0591. The van der Waals surface area contributed by atoms with E-state index in [1.165, 1.54) is 11.6 Å². The molecule has 0 saturated carbocycles. The number of rotatable bonds is 2. The highest BCUT2D eigenvalue weighted by Crippen LogP contribution is 2.23. The summed E-state index contributed by atoms with van der Waals surface area (Å²) >= 11 is 3.22. The molecule has 0 aromatic carbocycles. The zero-order valence-electron chi connectivity index (χ0n) is 9.83. The Bertz CT molecular complexity index is 763. The number of ether oxygens (including phenoxy) is 1. The van der Waals surface area contributed by atoms with Gasteiger partial charge >= 0.3 is 5.97 Å². The Morgan fingerprint density at radius 3 is 2.89 bits per heavy atom. The predicted octanol–water partition coefficient (Wildman–Crippen LogP) is 2.54. The summed E-state index contributed by atoms with van der Waals surface area (Å²) in [4.78, 5) is 15.9. The lowest BCUT2D eigenvalue weighted by Gasteiger charge is -2.00. The highest BCUT2D eigenvalue weighted by molar-refractivity contribution is 9.10. The first-order chi connectivity index (χ1) is 9.19. The molecule has 0 amide bonds. The lowest BCUT2D eigenvalue weighted by atomic mass is 10.3. The summed E-state index contributed by atoms with van der Waals surface area (Å²) in [5, 5.41) is 4.26. The van der Waals surface area contributed by atoms with Gasteiger partial charge in [-0.2, -0.15) is 0 Å². The van der Waals surface area contributed by atoms with Crippen molar-refractivity contribution in [2.75, 3.05) is 7.11 Å². The van der Waals surface area contributed by atoms with Crippen LogP contribution >= 0.6 is 15.9 Å². The minimum absolute atomic E-state index is 0.310. The van der Waals surface area contributed by atoms with Gasteiger partial charge < -0.3 is 9.15 Å². The summed E-state index contributed by atoms with van der Waals surface area (Å²) in [5.74, 6) is 0.455. The number of hydrogen-bond donors (Lipinski definition) is 0. The quantitative estimate of drug-likeness (QED) is 0.678. The summed E-state index contributed by atoms with van der Waals surface area (Å²) in [5.41, 5.74) is 0.856. The summed E-state index contributed by atoms with van der Waals surface area (Å²) in [6.07, 6.45) is 0. The first-order valence-corrected chi connectivity index (χ1v) is 6.18. The van der Waals surface area contributed by atoms with Crippen LogP contribution < -0.4 is 0 Å². The number of aromatic nitrogens is 3. The zero-order valence-corrected chi connectivity index (χ0v) is 11.4. The molecular formula is C12H8BrN3O3. The Balaban J connectivity index is 2.18. The molecule has 96 valence electrons. The number of pyridine rings is 1. The molecule has 0 fully saturated rings. The second kappa shape index (κ2) is 4.51. The molecule has 6 nitrogen and oxygen atoms in total. The predicted molar refractivity (Wildman–Crippen MR) is 69.7 cm³/mol. The largest absolute Gasteiger partial charge is 0.464 e. The Kier molecular flexibility index (Phi) is 2.83. The van der Waals surface area contributed by atoms with Crippen molar-refractivity contribution < 1.29 is 13.9 Å². The normalized spacial score (nSPS) is 10.8. The average molecular weight is 322 g/mol. The molecule has 0 saturated heterocycles. The summed E-state index contributed by atoms with van der Waals surface area (Å²) < 4.78 is 12.1. The average Bonchev–Trinajstić information content (AvgIpc) is 3.02. The third-order valence-corrected chi connectivity index (χ3v) is 2.97. The van der Waals surface area contributed by atoms with Crippen LogP contribution in [-0.2, 0) is 4.74 Å². The molecule has 0 atom stereocenters. The van der Waals surface area contributed by atoms with Crippen molar-refractivity contribution in [2.45, 2.75) is 0 Å². The van der Waals surface area contributed by atoms with E-state index in [1.54, 1.807) is 30.3 Å². The van der Waals surface area contributed by atoms with Crippen LogP contribution in [0.3, 0.4) is 0 Å². The number of halogens is 1. The van der Waals surface area contributed by atoms with E-state index in [-0.39, 0.29) is 0 Å². The van der Waals surface area contributed by atoms with Crippen molar-refractivity contribution in [1.82, 2.24) is 14.6 Å². The fourth-order valence-electron chi connectivity index (χ4n) is 1.70. The number of carbonyl (C=O) groups is 1. The molecule has 19 heavy (non-hydrogen) atoms. The second-order valence-corrected chi connectivity index (χ2v) is 4.49. The number of nitrogens with zero attached hydrogens (tertiary/aromatic N) is 3. The van der Waals surface area contributed by atoms with Crippen molar-refractivity contribution in [3.63, 3.8) is 0 Å². The van der Waals surface area contributed by atoms with Crippen molar-refractivity contribution in [3.8, 4) is 11.6 Å². The number of esters is 1. The molecule has 0 unspecified atom stereocenters. The van der Waals surface area contributed by atoms with Gasteiger partial charge in [-0.25, -0.2) is 14.3 Å². The van der Waals surface area contributed by atoms with E-state index in [9.17, 15) is 4.79 Å². The number of carbonyl (C=O) groups excluding carboxylic acids is 1. The van der Waals surface area contributed by atoms with Gasteiger partial charge in [-0.1, -0.05) is 6.07 Å². The molecule has 3 aromatic heterocycles. The molecule has 0 aliphatic heterocycles. The molecule has 3 rings (SSSR count). The number of methoxy groups -OCH3 is 1. The maximum atomic E-state index is 11.6. The monoisotopic (exact) mass is 321 g/mol. The van der Waals surface area contributed by atoms with E-state index < -0.39 is 5.97 Å². The number of hydrogen-bond acceptors (Lipinski definition) is 5. The highest BCUT2D eigenvalue weighted by Gasteiger charge is 2.15. The molecule has 3 heterocycles. The molecule has 0 aliphatic carbocycles. The van der Waals surface area contributed by atoms with Crippen LogP contribution in [-0.4, -0.2) is 27.7 Å². The molecule has 0 N–H and O–H groups in total. The SMILES string of the molecule is COC(=O)c1cccc2nc(-c3ccc(Br)o3)nn12. The zero-order chi connectivity index (χ0) is 13.4. The topological polar surface area (TPSA) is 69.6 Å². The summed E-state index contributed by atoms with van der Waals surface area (Å²) in [7, 11) is 1.32. The van der Waals surface area contributed by atoms with Gasteiger partial charge in [-0.3, -0.25) is 0 Å². The van der Waals surface area contributed by atoms with Gasteiger partial charge in [0.05, 0.1) is 7.11 Å². The third-order valence-electron chi connectivity index (χ3n) is 2.55. The molecular weight excluding hydrogens is 314 g/mol. The van der Waals surface area contributed by atoms with Gasteiger partial charge in [-0.05, 0) is 40.2 Å². The van der Waals surface area contributed by atoms with E-state index in [0.717, 1.165) is 0 Å². The minimum Gasteiger partial charge on any atom is -0.464 e. The maximum absolute atomic E-state index is 11.6. The summed E-state index contributed by atoms with van der Waals surface area (Å²) in [6.45, 7) is 0. The first-order valence-electron chi connectivity index (χ1n) is 5.39. The van der Waals surface area contributed by atoms with Gasteiger partial charge in [0.1, 0.15) is 0 Å². The van der Waals surface area contributed by atoms with Crippen LogP contribution in [0, 0.1) is 0 Å². The van der Waals surface area contributed by atoms with Gasteiger partial charge in [0.15, 0.2) is 21.8 Å². The molecule has 0 spiro atoms. The summed E-state index contributed by atoms with van der Waals surface area (Å²) in [6, 6.07) is 8.59. The van der Waals surface area contributed by atoms with Crippen LogP contribution in [0.2, 0.25) is 0 Å². The highest BCUT2D eigenvalue weighted by atomic mass is 79.9. The number of furan rings is 1. The van der Waals surface area contributed by atoms with Crippen molar-refractivity contribution >= 4 is 27.5 Å². The molecule has 3 aromatic rings. The van der Waals surface area contributed by atoms with Crippen molar-refractivity contribution in [3.05, 3.63) is 40.7 Å². The van der Waals surface area contributed by atoms with Crippen LogP contribution in [0.5, 0.6) is 0 Å². The van der Waals surface area contributed by atoms with E-state index in [0.29, 0.717) is 27.6 Å².